The molecule has 0 bridgehead atoms. The topological polar surface area (TPSA) is 20.3 Å². The van der Waals surface area contributed by atoms with Gasteiger partial charge in [-0.3, -0.25) is 4.79 Å². The van der Waals surface area contributed by atoms with Crippen molar-refractivity contribution >= 4 is 23.6 Å². The van der Waals surface area contributed by atoms with Crippen LogP contribution in [0.2, 0.25) is 0 Å². The van der Waals surface area contributed by atoms with Crippen molar-refractivity contribution in [2.45, 2.75) is 19.8 Å². The van der Waals surface area contributed by atoms with Crippen LogP contribution in [0.15, 0.2) is 78.4 Å². The molecule has 0 atom stereocenters. The van der Waals surface area contributed by atoms with Gasteiger partial charge in [0.15, 0.2) is 0 Å². The van der Waals surface area contributed by atoms with Crippen molar-refractivity contribution in [1.29, 1.82) is 0 Å². The fraction of sp³-hybridized carbons (Fsp3) is 0.179. The SMILES string of the molecule is Cc1ccccc1C(=O)N1CCC(=C2c3ccccc3C=Cc3ccccc32)CC1. The molecule has 3 aromatic carbocycles. The molecule has 1 heterocycles. The molecule has 2 aliphatic rings. The first-order valence-corrected chi connectivity index (χ1v) is 10.7. The van der Waals surface area contributed by atoms with Crippen molar-refractivity contribution in [1.82, 2.24) is 4.90 Å². The largest absolute Gasteiger partial charge is 0.338 e. The summed E-state index contributed by atoms with van der Waals surface area (Å²) in [5.74, 6) is 0.153. The van der Waals surface area contributed by atoms with E-state index in [0.717, 1.165) is 37.1 Å². The average molecular weight is 392 g/mol. The van der Waals surface area contributed by atoms with Gasteiger partial charge in [-0.25, -0.2) is 0 Å². The number of carbonyl (C=O) groups is 1. The highest BCUT2D eigenvalue weighted by molar-refractivity contribution is 5.97. The lowest BCUT2D eigenvalue weighted by Crippen LogP contribution is -2.37. The molecule has 1 saturated heterocycles. The first-order valence-electron chi connectivity index (χ1n) is 10.7. The minimum Gasteiger partial charge on any atom is -0.338 e. The fourth-order valence-electron chi connectivity index (χ4n) is 4.66. The molecule has 3 aromatic rings. The van der Waals surface area contributed by atoms with Gasteiger partial charge < -0.3 is 4.90 Å². The standard InChI is InChI=1S/C28H25NO/c1-20-8-2-5-11-24(20)28(30)29-18-16-23(17-19-29)27-25-12-6-3-9-21(25)14-15-22-10-4-7-13-26(22)27/h2-15H,16-19H2,1H3. The zero-order valence-corrected chi connectivity index (χ0v) is 17.3. The third-order valence-electron chi connectivity index (χ3n) is 6.29. The van der Waals surface area contributed by atoms with Gasteiger partial charge in [-0.1, -0.05) is 84.5 Å². The van der Waals surface area contributed by atoms with Crippen LogP contribution >= 0.6 is 0 Å². The Hall–Kier alpha value is -3.39. The van der Waals surface area contributed by atoms with Gasteiger partial charge in [0.05, 0.1) is 0 Å². The molecular weight excluding hydrogens is 366 g/mol. The van der Waals surface area contributed by atoms with Crippen LogP contribution in [0.5, 0.6) is 0 Å². The van der Waals surface area contributed by atoms with Gasteiger partial charge in [0.25, 0.3) is 5.91 Å². The molecular formula is C28H25NO. The number of nitrogens with zero attached hydrogens (tertiary/aromatic N) is 1. The van der Waals surface area contributed by atoms with Gasteiger partial charge in [-0.15, -0.1) is 0 Å². The number of piperidine rings is 1. The van der Waals surface area contributed by atoms with Crippen molar-refractivity contribution in [2.75, 3.05) is 13.1 Å². The van der Waals surface area contributed by atoms with Crippen molar-refractivity contribution in [3.05, 3.63) is 112 Å². The fourth-order valence-corrected chi connectivity index (χ4v) is 4.66. The van der Waals surface area contributed by atoms with Crippen LogP contribution in [0.25, 0.3) is 17.7 Å². The highest BCUT2D eigenvalue weighted by atomic mass is 16.2. The van der Waals surface area contributed by atoms with Crippen molar-refractivity contribution in [2.24, 2.45) is 0 Å². The first kappa shape index (κ1) is 18.6. The Labute approximate surface area is 178 Å². The van der Waals surface area contributed by atoms with E-state index < -0.39 is 0 Å². The molecule has 30 heavy (non-hydrogen) atoms. The number of benzene rings is 3. The Morgan fingerprint density at radius 3 is 1.87 bits per heavy atom. The summed E-state index contributed by atoms with van der Waals surface area (Å²) in [6.07, 6.45) is 6.27. The summed E-state index contributed by atoms with van der Waals surface area (Å²) in [6.45, 7) is 3.55. The van der Waals surface area contributed by atoms with E-state index in [4.69, 9.17) is 0 Å². The lowest BCUT2D eigenvalue weighted by Gasteiger charge is -2.31. The molecule has 0 aromatic heterocycles. The Balaban J connectivity index is 1.50. The molecule has 1 fully saturated rings. The summed E-state index contributed by atoms with van der Waals surface area (Å²) >= 11 is 0. The van der Waals surface area contributed by atoms with E-state index in [1.165, 1.54) is 33.4 Å². The number of aryl methyl sites for hydroxylation is 1. The monoisotopic (exact) mass is 391 g/mol. The van der Waals surface area contributed by atoms with Crippen molar-refractivity contribution in [3.63, 3.8) is 0 Å². The van der Waals surface area contributed by atoms with Crippen LogP contribution in [-0.2, 0) is 0 Å². The van der Waals surface area contributed by atoms with Crippen LogP contribution < -0.4 is 0 Å². The minimum atomic E-state index is 0.153. The summed E-state index contributed by atoms with van der Waals surface area (Å²) in [5, 5.41) is 0. The molecule has 0 saturated carbocycles. The number of hydrogen-bond acceptors (Lipinski definition) is 1. The van der Waals surface area contributed by atoms with Gasteiger partial charge in [-0.05, 0) is 59.2 Å². The number of carbonyl (C=O) groups excluding carboxylic acids is 1. The maximum atomic E-state index is 13.1. The van der Waals surface area contributed by atoms with E-state index in [1.807, 2.05) is 36.1 Å². The van der Waals surface area contributed by atoms with E-state index in [2.05, 4.69) is 60.7 Å². The minimum absolute atomic E-state index is 0.153. The molecule has 2 heteroatoms. The summed E-state index contributed by atoms with van der Waals surface area (Å²) in [6, 6.07) is 25.2. The van der Waals surface area contributed by atoms with Crippen LogP contribution in [0, 0.1) is 6.92 Å². The third-order valence-corrected chi connectivity index (χ3v) is 6.29. The van der Waals surface area contributed by atoms with Gasteiger partial charge in [0.1, 0.15) is 0 Å². The van der Waals surface area contributed by atoms with E-state index in [9.17, 15) is 4.79 Å². The Bertz CT molecular complexity index is 1120. The zero-order valence-electron chi connectivity index (χ0n) is 17.3. The number of amides is 1. The van der Waals surface area contributed by atoms with Gasteiger partial charge in [0.2, 0.25) is 0 Å². The Morgan fingerprint density at radius 1 is 0.733 bits per heavy atom. The predicted octanol–water partition coefficient (Wildman–Crippen LogP) is 6.22. The zero-order chi connectivity index (χ0) is 20.5. The van der Waals surface area contributed by atoms with E-state index >= 15 is 0 Å². The number of hydrogen-bond donors (Lipinski definition) is 0. The molecule has 0 spiro atoms. The summed E-state index contributed by atoms with van der Waals surface area (Å²) in [4.78, 5) is 15.1. The second-order valence-corrected chi connectivity index (χ2v) is 8.09. The summed E-state index contributed by atoms with van der Waals surface area (Å²) in [5.41, 5.74) is 9.79. The second-order valence-electron chi connectivity index (χ2n) is 8.09. The molecule has 0 unspecified atom stereocenters. The summed E-state index contributed by atoms with van der Waals surface area (Å²) < 4.78 is 0. The highest BCUT2D eigenvalue weighted by Gasteiger charge is 2.25. The molecule has 0 radical (unpaired) electrons. The van der Waals surface area contributed by atoms with Crippen LogP contribution in [0.3, 0.4) is 0 Å². The maximum absolute atomic E-state index is 13.1. The molecule has 2 nitrogen and oxygen atoms in total. The molecule has 1 aliphatic heterocycles. The number of rotatable bonds is 1. The quantitative estimate of drug-likeness (QED) is 0.377. The number of fused-ring (bicyclic) bond motifs is 2. The smallest absolute Gasteiger partial charge is 0.254 e. The average Bonchev–Trinajstić information content (AvgIpc) is 2.96. The van der Waals surface area contributed by atoms with Gasteiger partial charge >= 0.3 is 0 Å². The van der Waals surface area contributed by atoms with Gasteiger partial charge in [-0.2, -0.15) is 0 Å². The van der Waals surface area contributed by atoms with Crippen molar-refractivity contribution in [3.8, 4) is 0 Å². The normalized spacial score (nSPS) is 15.4. The second kappa shape index (κ2) is 7.79. The molecule has 5 rings (SSSR count). The lowest BCUT2D eigenvalue weighted by atomic mass is 9.86. The number of likely N-dealkylation sites (tertiary alicyclic amines) is 1. The van der Waals surface area contributed by atoms with Crippen LogP contribution in [-0.4, -0.2) is 23.9 Å². The Kier molecular flexibility index (Phi) is 4.84. The van der Waals surface area contributed by atoms with Crippen molar-refractivity contribution < 1.29 is 4.79 Å². The predicted molar refractivity (Wildman–Crippen MR) is 124 cm³/mol. The van der Waals surface area contributed by atoms with Gasteiger partial charge in [0, 0.05) is 18.7 Å². The van der Waals surface area contributed by atoms with Crippen LogP contribution in [0.1, 0.15) is 51.0 Å². The molecule has 148 valence electrons. The van der Waals surface area contributed by atoms with E-state index in [-0.39, 0.29) is 5.91 Å². The molecule has 1 aliphatic carbocycles. The highest BCUT2D eigenvalue weighted by Crippen LogP contribution is 2.38. The van der Waals surface area contributed by atoms with E-state index in [1.54, 1.807) is 0 Å². The Morgan fingerprint density at radius 2 is 1.27 bits per heavy atom. The summed E-state index contributed by atoms with van der Waals surface area (Å²) in [7, 11) is 0. The maximum Gasteiger partial charge on any atom is 0.254 e. The van der Waals surface area contributed by atoms with E-state index in [0.29, 0.717) is 0 Å². The molecule has 1 amide bonds. The molecule has 0 N–H and O–H groups in total. The first-order chi connectivity index (χ1) is 14.7. The lowest BCUT2D eigenvalue weighted by molar-refractivity contribution is 0.0743. The van der Waals surface area contributed by atoms with Crippen LogP contribution in [0.4, 0.5) is 0 Å². The third kappa shape index (κ3) is 3.29.